The van der Waals surface area contributed by atoms with Gasteiger partial charge in [0.15, 0.2) is 0 Å². The van der Waals surface area contributed by atoms with Gasteiger partial charge in [-0.2, -0.15) is 5.26 Å². The second kappa shape index (κ2) is 5.55. The number of hydrogen-bond donors (Lipinski definition) is 1. The van der Waals surface area contributed by atoms with Crippen molar-refractivity contribution in [3.63, 3.8) is 0 Å². The molecular weight excluding hydrogens is 322 g/mol. The summed E-state index contributed by atoms with van der Waals surface area (Å²) in [5.41, 5.74) is 8.17. The first kappa shape index (κ1) is 14.6. The molecule has 24 heavy (non-hydrogen) atoms. The van der Waals surface area contributed by atoms with E-state index in [1.54, 1.807) is 12.4 Å². The molecular formula is C19H12ClN3O. The van der Waals surface area contributed by atoms with Gasteiger partial charge in [0.25, 0.3) is 0 Å². The Morgan fingerprint density at radius 3 is 2.54 bits per heavy atom. The number of pyridine rings is 1. The van der Waals surface area contributed by atoms with Crippen molar-refractivity contribution in [3.8, 4) is 11.8 Å². The minimum absolute atomic E-state index is 0.124. The van der Waals surface area contributed by atoms with Gasteiger partial charge in [-0.15, -0.1) is 0 Å². The predicted molar refractivity (Wildman–Crippen MR) is 92.5 cm³/mol. The Morgan fingerprint density at radius 1 is 1.12 bits per heavy atom. The van der Waals surface area contributed by atoms with Gasteiger partial charge in [0.1, 0.15) is 17.4 Å². The fourth-order valence-corrected chi connectivity index (χ4v) is 3.42. The van der Waals surface area contributed by atoms with Gasteiger partial charge < -0.3 is 10.5 Å². The van der Waals surface area contributed by atoms with E-state index >= 15 is 0 Å². The van der Waals surface area contributed by atoms with Crippen molar-refractivity contribution < 1.29 is 4.74 Å². The molecule has 1 aromatic heterocycles. The lowest BCUT2D eigenvalue weighted by molar-refractivity contribution is 0.398. The van der Waals surface area contributed by atoms with Crippen LogP contribution >= 0.6 is 11.6 Å². The second-order valence-corrected chi connectivity index (χ2v) is 5.93. The zero-order valence-corrected chi connectivity index (χ0v) is 13.3. The summed E-state index contributed by atoms with van der Waals surface area (Å²) in [6.07, 6.45) is 3.39. The van der Waals surface area contributed by atoms with Crippen molar-refractivity contribution in [1.82, 2.24) is 4.98 Å². The number of aromatic nitrogens is 1. The van der Waals surface area contributed by atoms with E-state index in [4.69, 9.17) is 22.1 Å². The van der Waals surface area contributed by atoms with Crippen LogP contribution < -0.4 is 10.5 Å². The number of halogens is 1. The van der Waals surface area contributed by atoms with Crippen LogP contribution in [0.4, 0.5) is 0 Å². The number of nitrogens with two attached hydrogens (primary N) is 1. The summed E-state index contributed by atoms with van der Waals surface area (Å²) in [5, 5.41) is 12.0. The molecule has 0 radical (unpaired) electrons. The van der Waals surface area contributed by atoms with E-state index in [1.807, 2.05) is 42.5 Å². The molecule has 2 N–H and O–H groups in total. The maximum Gasteiger partial charge on any atom is 0.205 e. The first-order chi connectivity index (χ1) is 11.7. The highest BCUT2D eigenvalue weighted by Crippen LogP contribution is 2.47. The highest BCUT2D eigenvalue weighted by Gasteiger charge is 2.32. The van der Waals surface area contributed by atoms with Crippen LogP contribution in [-0.4, -0.2) is 4.98 Å². The maximum absolute atomic E-state index is 9.58. The quantitative estimate of drug-likeness (QED) is 0.727. The molecule has 116 valence electrons. The molecule has 1 unspecified atom stereocenters. The Kier molecular flexibility index (Phi) is 3.37. The zero-order valence-electron chi connectivity index (χ0n) is 12.5. The normalized spacial score (nSPS) is 16.4. The molecule has 0 fully saturated rings. The summed E-state index contributed by atoms with van der Waals surface area (Å²) in [7, 11) is 0. The minimum atomic E-state index is -0.330. The van der Waals surface area contributed by atoms with Gasteiger partial charge in [0.05, 0.1) is 5.92 Å². The molecule has 1 aliphatic heterocycles. The lowest BCUT2D eigenvalue weighted by Crippen LogP contribution is -2.21. The zero-order chi connectivity index (χ0) is 16.7. The smallest absolute Gasteiger partial charge is 0.205 e. The van der Waals surface area contributed by atoms with Crippen molar-refractivity contribution in [1.29, 1.82) is 5.26 Å². The summed E-state index contributed by atoms with van der Waals surface area (Å²) in [6.45, 7) is 0. The Hall–Kier alpha value is -3.03. The molecule has 4 nitrogen and oxygen atoms in total. The van der Waals surface area contributed by atoms with Crippen molar-refractivity contribution in [2.45, 2.75) is 5.92 Å². The van der Waals surface area contributed by atoms with E-state index in [2.05, 4.69) is 11.1 Å². The Morgan fingerprint density at radius 2 is 1.83 bits per heavy atom. The Bertz CT molecular complexity index is 1020. The topological polar surface area (TPSA) is 71.9 Å². The molecule has 0 amide bonds. The molecule has 4 rings (SSSR count). The third-order valence-electron chi connectivity index (χ3n) is 4.21. The van der Waals surface area contributed by atoms with Gasteiger partial charge in [-0.25, -0.2) is 0 Å². The second-order valence-electron chi connectivity index (χ2n) is 5.53. The first-order valence-corrected chi connectivity index (χ1v) is 7.77. The van der Waals surface area contributed by atoms with Crippen LogP contribution in [0.25, 0.3) is 10.8 Å². The van der Waals surface area contributed by atoms with Crippen LogP contribution in [0, 0.1) is 11.3 Å². The van der Waals surface area contributed by atoms with Crippen LogP contribution in [0.2, 0.25) is 5.02 Å². The van der Waals surface area contributed by atoms with Crippen LogP contribution in [0.1, 0.15) is 17.0 Å². The van der Waals surface area contributed by atoms with E-state index in [0.29, 0.717) is 16.3 Å². The predicted octanol–water partition coefficient (Wildman–Crippen LogP) is 4.11. The molecule has 1 atom stereocenters. The number of allylic oxidation sites excluding steroid dienone is 1. The minimum Gasteiger partial charge on any atom is -0.440 e. The maximum atomic E-state index is 9.58. The molecule has 1 aliphatic rings. The average molecular weight is 334 g/mol. The van der Waals surface area contributed by atoms with Gasteiger partial charge in [-0.3, -0.25) is 4.98 Å². The number of nitrogens with zero attached hydrogens (tertiary/aromatic N) is 2. The number of benzene rings is 2. The highest BCUT2D eigenvalue weighted by molar-refractivity contribution is 6.36. The standard InChI is InChI=1S/C19H12ClN3O/c20-16-9-14-17(11-5-7-23-8-6-11)15(10-21)19(22)24-18(14)13-4-2-1-3-12(13)16/h1-9,17H,22H2. The van der Waals surface area contributed by atoms with Crippen LogP contribution in [-0.2, 0) is 0 Å². The molecule has 0 saturated heterocycles. The SMILES string of the molecule is N#CC1=C(N)Oc2c(cc(Cl)c3ccccc23)C1c1ccncc1. The number of hydrogen-bond acceptors (Lipinski definition) is 4. The van der Waals surface area contributed by atoms with Gasteiger partial charge in [0, 0.05) is 33.8 Å². The van der Waals surface area contributed by atoms with E-state index < -0.39 is 0 Å². The van der Waals surface area contributed by atoms with Crippen LogP contribution in [0.5, 0.6) is 5.75 Å². The fourth-order valence-electron chi connectivity index (χ4n) is 3.14. The van der Waals surface area contributed by atoms with Crippen LogP contribution in [0.3, 0.4) is 0 Å². The van der Waals surface area contributed by atoms with Crippen LogP contribution in [0.15, 0.2) is 66.3 Å². The Balaban J connectivity index is 2.07. The largest absolute Gasteiger partial charge is 0.440 e. The lowest BCUT2D eigenvalue weighted by Gasteiger charge is -2.27. The van der Waals surface area contributed by atoms with E-state index in [1.165, 1.54) is 0 Å². The van der Waals surface area contributed by atoms with Crippen molar-refractivity contribution >= 4 is 22.4 Å². The van der Waals surface area contributed by atoms with Crippen molar-refractivity contribution in [2.24, 2.45) is 5.73 Å². The van der Waals surface area contributed by atoms with E-state index in [9.17, 15) is 5.26 Å². The summed E-state index contributed by atoms with van der Waals surface area (Å²) in [4.78, 5) is 4.05. The average Bonchev–Trinajstić information content (AvgIpc) is 2.62. The summed E-state index contributed by atoms with van der Waals surface area (Å²) in [5.74, 6) is 0.441. The van der Waals surface area contributed by atoms with Gasteiger partial charge >= 0.3 is 0 Å². The third-order valence-corrected chi connectivity index (χ3v) is 4.52. The van der Waals surface area contributed by atoms with Gasteiger partial charge in [-0.1, -0.05) is 35.9 Å². The molecule has 0 spiro atoms. The van der Waals surface area contributed by atoms with Crippen molar-refractivity contribution in [3.05, 3.63) is 82.5 Å². The molecule has 0 aliphatic carbocycles. The fraction of sp³-hybridized carbons (Fsp3) is 0.0526. The number of ether oxygens (including phenoxy) is 1. The number of nitriles is 1. The molecule has 2 aromatic carbocycles. The molecule has 3 aromatic rings. The molecule has 0 bridgehead atoms. The molecule has 0 saturated carbocycles. The lowest BCUT2D eigenvalue weighted by atomic mass is 9.83. The van der Waals surface area contributed by atoms with Gasteiger partial charge in [-0.05, 0) is 23.8 Å². The number of fused-ring (bicyclic) bond motifs is 3. The monoisotopic (exact) mass is 333 g/mol. The van der Waals surface area contributed by atoms with Gasteiger partial charge in [0.2, 0.25) is 5.88 Å². The third kappa shape index (κ3) is 2.10. The summed E-state index contributed by atoms with van der Waals surface area (Å²) >= 11 is 6.48. The Labute approximate surface area is 143 Å². The molecule has 2 heterocycles. The highest BCUT2D eigenvalue weighted by atomic mass is 35.5. The summed E-state index contributed by atoms with van der Waals surface area (Å²) < 4.78 is 5.82. The number of rotatable bonds is 1. The van der Waals surface area contributed by atoms with E-state index in [0.717, 1.165) is 21.9 Å². The first-order valence-electron chi connectivity index (χ1n) is 7.39. The van der Waals surface area contributed by atoms with Crippen molar-refractivity contribution in [2.75, 3.05) is 0 Å². The van der Waals surface area contributed by atoms with E-state index in [-0.39, 0.29) is 11.8 Å². The molecule has 5 heteroatoms. The summed E-state index contributed by atoms with van der Waals surface area (Å²) in [6, 6.07) is 15.5.